The fraction of sp³-hybridized carbons (Fsp3) is 0.500. The van der Waals surface area contributed by atoms with Gasteiger partial charge in [-0.05, 0) is 6.92 Å². The molecule has 1 aromatic rings. The Bertz CT molecular complexity index is 272. The SMILES string of the molecule is CC1Cc2ncncc2N1C. The molecule has 0 radical (unpaired) electrons. The van der Waals surface area contributed by atoms with E-state index in [2.05, 4.69) is 28.8 Å². The van der Waals surface area contributed by atoms with Gasteiger partial charge in [-0.25, -0.2) is 9.97 Å². The van der Waals surface area contributed by atoms with E-state index < -0.39 is 0 Å². The molecule has 3 nitrogen and oxygen atoms in total. The van der Waals surface area contributed by atoms with E-state index in [1.807, 2.05) is 6.20 Å². The molecule has 0 fully saturated rings. The van der Waals surface area contributed by atoms with Crippen LogP contribution in [0, 0.1) is 0 Å². The Hall–Kier alpha value is -1.12. The molecule has 0 saturated heterocycles. The molecule has 0 saturated carbocycles. The summed E-state index contributed by atoms with van der Waals surface area (Å²) < 4.78 is 0. The van der Waals surface area contributed by atoms with Crippen LogP contribution in [0.1, 0.15) is 12.6 Å². The average molecular weight is 149 g/mol. The van der Waals surface area contributed by atoms with Crippen molar-refractivity contribution in [1.82, 2.24) is 9.97 Å². The fourth-order valence-electron chi connectivity index (χ4n) is 1.45. The molecule has 2 heterocycles. The lowest BCUT2D eigenvalue weighted by Crippen LogP contribution is -2.23. The second-order valence-electron chi connectivity index (χ2n) is 3.02. The van der Waals surface area contributed by atoms with Crippen LogP contribution in [0.5, 0.6) is 0 Å². The van der Waals surface area contributed by atoms with Crippen LogP contribution in [0.3, 0.4) is 0 Å². The summed E-state index contributed by atoms with van der Waals surface area (Å²) in [6.07, 6.45) is 4.55. The van der Waals surface area contributed by atoms with Crippen molar-refractivity contribution in [3.8, 4) is 0 Å². The van der Waals surface area contributed by atoms with Crippen LogP contribution < -0.4 is 4.90 Å². The van der Waals surface area contributed by atoms with E-state index >= 15 is 0 Å². The molecule has 1 aliphatic heterocycles. The zero-order chi connectivity index (χ0) is 7.84. The van der Waals surface area contributed by atoms with Crippen LogP contribution in [0.15, 0.2) is 12.5 Å². The van der Waals surface area contributed by atoms with Crippen molar-refractivity contribution in [2.45, 2.75) is 19.4 Å². The lowest BCUT2D eigenvalue weighted by molar-refractivity contribution is 0.726. The summed E-state index contributed by atoms with van der Waals surface area (Å²) in [7, 11) is 2.08. The fourth-order valence-corrected chi connectivity index (χ4v) is 1.45. The van der Waals surface area contributed by atoms with Crippen LogP contribution in [0.25, 0.3) is 0 Å². The van der Waals surface area contributed by atoms with E-state index in [0.717, 1.165) is 6.42 Å². The lowest BCUT2D eigenvalue weighted by atomic mass is 10.2. The third kappa shape index (κ3) is 0.878. The van der Waals surface area contributed by atoms with Crippen molar-refractivity contribution in [2.24, 2.45) is 0 Å². The summed E-state index contributed by atoms with van der Waals surface area (Å²) in [4.78, 5) is 10.4. The molecular formula is C8H11N3. The summed E-state index contributed by atoms with van der Waals surface area (Å²) >= 11 is 0. The quantitative estimate of drug-likeness (QED) is 0.547. The van der Waals surface area contributed by atoms with Gasteiger partial charge in [-0.2, -0.15) is 0 Å². The topological polar surface area (TPSA) is 29.0 Å². The number of anilines is 1. The van der Waals surface area contributed by atoms with E-state index in [4.69, 9.17) is 0 Å². The van der Waals surface area contributed by atoms with Crippen LogP contribution in [0.4, 0.5) is 5.69 Å². The van der Waals surface area contributed by atoms with E-state index in [0.29, 0.717) is 6.04 Å². The molecule has 0 amide bonds. The third-order valence-corrected chi connectivity index (χ3v) is 2.30. The first kappa shape index (κ1) is 6.58. The van der Waals surface area contributed by atoms with Gasteiger partial charge in [-0.3, -0.25) is 0 Å². The molecular weight excluding hydrogens is 138 g/mol. The Morgan fingerprint density at radius 1 is 1.64 bits per heavy atom. The maximum Gasteiger partial charge on any atom is 0.115 e. The van der Waals surface area contributed by atoms with Gasteiger partial charge in [0, 0.05) is 19.5 Å². The molecule has 0 spiro atoms. The van der Waals surface area contributed by atoms with E-state index in [1.54, 1.807) is 6.33 Å². The minimum Gasteiger partial charge on any atom is -0.369 e. The smallest absolute Gasteiger partial charge is 0.115 e. The Morgan fingerprint density at radius 3 is 3.18 bits per heavy atom. The van der Waals surface area contributed by atoms with Crippen molar-refractivity contribution in [2.75, 3.05) is 11.9 Å². The van der Waals surface area contributed by atoms with Crippen molar-refractivity contribution in [3.63, 3.8) is 0 Å². The van der Waals surface area contributed by atoms with Gasteiger partial charge in [-0.15, -0.1) is 0 Å². The maximum atomic E-state index is 4.21. The summed E-state index contributed by atoms with van der Waals surface area (Å²) in [5, 5.41) is 0. The molecule has 1 aliphatic rings. The van der Waals surface area contributed by atoms with Gasteiger partial charge in [0.1, 0.15) is 6.33 Å². The summed E-state index contributed by atoms with van der Waals surface area (Å²) in [6, 6.07) is 0.571. The molecule has 1 unspecified atom stereocenters. The first-order valence-electron chi connectivity index (χ1n) is 3.81. The van der Waals surface area contributed by atoms with Gasteiger partial charge in [0.2, 0.25) is 0 Å². The standard InChI is InChI=1S/C8H11N3/c1-6-3-7-8(11(6)2)4-9-5-10-7/h4-6H,3H2,1-2H3. The van der Waals surface area contributed by atoms with Gasteiger partial charge < -0.3 is 4.90 Å². The molecule has 0 N–H and O–H groups in total. The molecule has 2 rings (SSSR count). The van der Waals surface area contributed by atoms with Crippen LogP contribution in [-0.4, -0.2) is 23.1 Å². The normalized spacial score (nSPS) is 22.0. The summed E-state index contributed by atoms with van der Waals surface area (Å²) in [6.45, 7) is 2.20. The van der Waals surface area contributed by atoms with Crippen LogP contribution in [0.2, 0.25) is 0 Å². The predicted molar refractivity (Wildman–Crippen MR) is 43.6 cm³/mol. The largest absolute Gasteiger partial charge is 0.369 e. The van der Waals surface area contributed by atoms with E-state index in [-0.39, 0.29) is 0 Å². The van der Waals surface area contributed by atoms with Crippen molar-refractivity contribution in [3.05, 3.63) is 18.2 Å². The molecule has 58 valence electrons. The van der Waals surface area contributed by atoms with Gasteiger partial charge in [-0.1, -0.05) is 0 Å². The zero-order valence-electron chi connectivity index (χ0n) is 6.78. The molecule has 0 bridgehead atoms. The molecule has 0 aromatic carbocycles. The predicted octanol–water partition coefficient (Wildman–Crippen LogP) is 0.857. The van der Waals surface area contributed by atoms with Gasteiger partial charge in [0.25, 0.3) is 0 Å². The first-order chi connectivity index (χ1) is 5.29. The van der Waals surface area contributed by atoms with E-state index in [9.17, 15) is 0 Å². The summed E-state index contributed by atoms with van der Waals surface area (Å²) in [5.41, 5.74) is 2.36. The lowest BCUT2D eigenvalue weighted by Gasteiger charge is -2.16. The monoisotopic (exact) mass is 149 g/mol. The minimum atomic E-state index is 0.571. The van der Waals surface area contributed by atoms with Crippen LogP contribution >= 0.6 is 0 Å². The van der Waals surface area contributed by atoms with Crippen molar-refractivity contribution >= 4 is 5.69 Å². The van der Waals surface area contributed by atoms with Crippen molar-refractivity contribution < 1.29 is 0 Å². The second-order valence-corrected chi connectivity index (χ2v) is 3.02. The Balaban J connectivity index is 2.47. The number of hydrogen-bond acceptors (Lipinski definition) is 3. The number of fused-ring (bicyclic) bond motifs is 1. The highest BCUT2D eigenvalue weighted by Crippen LogP contribution is 2.26. The van der Waals surface area contributed by atoms with E-state index in [1.165, 1.54) is 11.4 Å². The Labute approximate surface area is 66.1 Å². The van der Waals surface area contributed by atoms with Crippen LogP contribution in [-0.2, 0) is 6.42 Å². The maximum absolute atomic E-state index is 4.21. The second kappa shape index (κ2) is 2.19. The minimum absolute atomic E-state index is 0.571. The number of rotatable bonds is 0. The highest BCUT2D eigenvalue weighted by Gasteiger charge is 2.23. The molecule has 1 atom stereocenters. The molecule has 11 heavy (non-hydrogen) atoms. The highest BCUT2D eigenvalue weighted by atomic mass is 15.2. The third-order valence-electron chi connectivity index (χ3n) is 2.30. The first-order valence-corrected chi connectivity index (χ1v) is 3.81. The number of hydrogen-bond donors (Lipinski definition) is 0. The molecule has 1 aromatic heterocycles. The highest BCUT2D eigenvalue weighted by molar-refractivity contribution is 5.53. The van der Waals surface area contributed by atoms with Gasteiger partial charge in [0.15, 0.2) is 0 Å². The number of likely N-dealkylation sites (N-methyl/N-ethyl adjacent to an activating group) is 1. The molecule has 3 heteroatoms. The van der Waals surface area contributed by atoms with Crippen molar-refractivity contribution in [1.29, 1.82) is 0 Å². The zero-order valence-corrected chi connectivity index (χ0v) is 6.78. The average Bonchev–Trinajstić information content (AvgIpc) is 2.30. The van der Waals surface area contributed by atoms with Gasteiger partial charge in [0.05, 0.1) is 17.6 Å². The van der Waals surface area contributed by atoms with Gasteiger partial charge >= 0.3 is 0 Å². The Morgan fingerprint density at radius 2 is 2.45 bits per heavy atom. The molecule has 0 aliphatic carbocycles. The number of nitrogens with zero attached hydrogens (tertiary/aromatic N) is 3. The summed E-state index contributed by atoms with van der Waals surface area (Å²) in [5.74, 6) is 0. The Kier molecular flexibility index (Phi) is 1.31. The number of aromatic nitrogens is 2.